The average Bonchev–Trinajstić information content (AvgIpc) is 3.00. The molecule has 0 bridgehead atoms. The summed E-state index contributed by atoms with van der Waals surface area (Å²) in [4.78, 5) is 12.2. The van der Waals surface area contributed by atoms with Crippen LogP contribution in [0.15, 0.2) is 51.8 Å². The maximum Gasteiger partial charge on any atom is 0.417 e. The van der Waals surface area contributed by atoms with E-state index in [0.29, 0.717) is 10.0 Å². The third-order valence-corrected chi connectivity index (χ3v) is 6.59. The minimum atomic E-state index is -4.72. The third kappa shape index (κ3) is 3.91. The van der Waals surface area contributed by atoms with Crippen LogP contribution in [0.2, 0.25) is 0 Å². The Bertz CT molecular complexity index is 1200. The first-order valence-electron chi connectivity index (χ1n) is 8.38. The molecule has 2 aromatic carbocycles. The van der Waals surface area contributed by atoms with E-state index in [4.69, 9.17) is 4.74 Å². The van der Waals surface area contributed by atoms with Crippen LogP contribution in [0.25, 0.3) is 10.9 Å². The van der Waals surface area contributed by atoms with Crippen LogP contribution in [0.1, 0.15) is 28.5 Å². The molecule has 10 heteroatoms. The number of nitrogens with zero attached hydrogens (tertiary/aromatic N) is 1. The van der Waals surface area contributed by atoms with Crippen molar-refractivity contribution in [1.29, 1.82) is 0 Å². The molecule has 3 aromatic rings. The Labute approximate surface area is 173 Å². The second-order valence-electron chi connectivity index (χ2n) is 6.22. The molecule has 5 nitrogen and oxygen atoms in total. The fraction of sp³-hybridized carbons (Fsp3) is 0.211. The molecule has 0 spiro atoms. The van der Waals surface area contributed by atoms with Gasteiger partial charge in [-0.3, -0.25) is 0 Å². The van der Waals surface area contributed by atoms with Gasteiger partial charge in [-0.1, -0.05) is 33.6 Å². The van der Waals surface area contributed by atoms with Crippen molar-refractivity contribution in [2.75, 3.05) is 6.61 Å². The Morgan fingerprint density at radius 2 is 1.76 bits per heavy atom. The lowest BCUT2D eigenvalue weighted by Crippen LogP contribution is -2.20. The Balaban J connectivity index is 2.39. The maximum absolute atomic E-state index is 13.4. The number of hydrogen-bond donors (Lipinski definition) is 0. The largest absolute Gasteiger partial charge is 0.461 e. The molecular formula is C19H15BrF3NO4S. The van der Waals surface area contributed by atoms with Gasteiger partial charge in [0, 0.05) is 9.86 Å². The fourth-order valence-corrected chi connectivity index (χ4v) is 4.92. The van der Waals surface area contributed by atoms with Gasteiger partial charge in [0.2, 0.25) is 0 Å². The van der Waals surface area contributed by atoms with Gasteiger partial charge in [0.15, 0.2) is 0 Å². The SMILES string of the molecule is CCOC(=O)c1cc2cc(Br)c(C(F)(F)F)cc2n1S(=O)(=O)c1ccc(C)cc1. The maximum atomic E-state index is 13.4. The van der Waals surface area contributed by atoms with Gasteiger partial charge in [-0.2, -0.15) is 13.2 Å². The van der Waals surface area contributed by atoms with Crippen molar-refractivity contribution in [3.63, 3.8) is 0 Å². The molecule has 0 saturated carbocycles. The highest BCUT2D eigenvalue weighted by Gasteiger charge is 2.35. The lowest BCUT2D eigenvalue weighted by Gasteiger charge is -2.13. The molecule has 1 heterocycles. The highest BCUT2D eigenvalue weighted by Crippen LogP contribution is 2.39. The number of halogens is 4. The summed E-state index contributed by atoms with van der Waals surface area (Å²) in [6.07, 6.45) is -4.72. The molecule has 0 amide bonds. The van der Waals surface area contributed by atoms with Gasteiger partial charge in [0.25, 0.3) is 10.0 Å². The molecule has 29 heavy (non-hydrogen) atoms. The average molecular weight is 490 g/mol. The molecular weight excluding hydrogens is 475 g/mol. The van der Waals surface area contributed by atoms with E-state index in [1.165, 1.54) is 25.1 Å². The van der Waals surface area contributed by atoms with Crippen molar-refractivity contribution in [2.24, 2.45) is 0 Å². The number of esters is 1. The normalized spacial score (nSPS) is 12.3. The number of benzene rings is 2. The van der Waals surface area contributed by atoms with Gasteiger partial charge >= 0.3 is 12.1 Å². The van der Waals surface area contributed by atoms with E-state index >= 15 is 0 Å². The van der Waals surface area contributed by atoms with Crippen LogP contribution in [0.5, 0.6) is 0 Å². The standard InChI is InChI=1S/C19H15BrF3NO4S/c1-3-28-18(25)17-9-12-8-15(20)14(19(21,22)23)10-16(12)24(17)29(26,27)13-6-4-11(2)5-7-13/h4-10H,3H2,1-2H3. The van der Waals surface area contributed by atoms with E-state index in [-0.39, 0.29) is 32.6 Å². The summed E-state index contributed by atoms with van der Waals surface area (Å²) in [5.74, 6) is -0.955. The zero-order chi connectivity index (χ0) is 21.6. The summed E-state index contributed by atoms with van der Waals surface area (Å²) >= 11 is 2.86. The summed E-state index contributed by atoms with van der Waals surface area (Å²) < 4.78 is 71.9. The second-order valence-corrected chi connectivity index (χ2v) is 8.86. The van der Waals surface area contributed by atoms with E-state index in [9.17, 15) is 26.4 Å². The van der Waals surface area contributed by atoms with Crippen molar-refractivity contribution in [1.82, 2.24) is 3.97 Å². The summed E-state index contributed by atoms with van der Waals surface area (Å²) in [6, 6.07) is 8.80. The summed E-state index contributed by atoms with van der Waals surface area (Å²) in [5, 5.41) is 0.142. The minimum absolute atomic E-state index is 0.0254. The summed E-state index contributed by atoms with van der Waals surface area (Å²) in [7, 11) is -4.37. The number of carbonyl (C=O) groups is 1. The van der Waals surface area contributed by atoms with Gasteiger partial charge in [-0.25, -0.2) is 17.2 Å². The van der Waals surface area contributed by atoms with Crippen LogP contribution < -0.4 is 0 Å². The third-order valence-electron chi connectivity index (χ3n) is 4.20. The van der Waals surface area contributed by atoms with Gasteiger partial charge in [0.05, 0.1) is 22.6 Å². The van der Waals surface area contributed by atoms with Crippen LogP contribution >= 0.6 is 15.9 Å². The number of rotatable bonds is 4. The number of alkyl halides is 3. The number of carbonyl (C=O) groups excluding carboxylic acids is 1. The second kappa shape index (κ2) is 7.49. The van der Waals surface area contributed by atoms with Crippen LogP contribution in [-0.4, -0.2) is 25.0 Å². The quantitative estimate of drug-likeness (QED) is 0.475. The van der Waals surface area contributed by atoms with Crippen molar-refractivity contribution < 1.29 is 31.1 Å². The molecule has 0 aliphatic carbocycles. The Morgan fingerprint density at radius 3 is 2.31 bits per heavy atom. The number of aromatic nitrogens is 1. The number of fused-ring (bicyclic) bond motifs is 1. The predicted octanol–water partition coefficient (Wildman–Crippen LogP) is 5.14. The Hall–Kier alpha value is -2.33. The summed E-state index contributed by atoms with van der Waals surface area (Å²) in [5.41, 5.74) is -0.910. The van der Waals surface area contributed by atoms with E-state index in [1.807, 2.05) is 0 Å². The monoisotopic (exact) mass is 489 g/mol. The van der Waals surface area contributed by atoms with Gasteiger partial charge < -0.3 is 4.74 Å². The Morgan fingerprint density at radius 1 is 1.14 bits per heavy atom. The lowest BCUT2D eigenvalue weighted by atomic mass is 10.1. The predicted molar refractivity (Wildman–Crippen MR) is 104 cm³/mol. The zero-order valence-electron chi connectivity index (χ0n) is 15.2. The van der Waals surface area contributed by atoms with Crippen molar-refractivity contribution in [3.05, 3.63) is 63.8 Å². The Kier molecular flexibility index (Phi) is 5.52. The van der Waals surface area contributed by atoms with Crippen molar-refractivity contribution in [3.8, 4) is 0 Å². The van der Waals surface area contributed by atoms with E-state index < -0.39 is 27.7 Å². The number of hydrogen-bond acceptors (Lipinski definition) is 4. The van der Waals surface area contributed by atoms with Gasteiger partial charge in [-0.05, 0) is 44.2 Å². The van der Waals surface area contributed by atoms with Crippen LogP contribution in [0, 0.1) is 6.92 Å². The molecule has 0 saturated heterocycles. The topological polar surface area (TPSA) is 65.4 Å². The molecule has 0 atom stereocenters. The van der Waals surface area contributed by atoms with Crippen LogP contribution in [-0.2, 0) is 20.9 Å². The molecule has 0 aliphatic heterocycles. The number of ether oxygens (including phenoxy) is 1. The smallest absolute Gasteiger partial charge is 0.417 e. The molecule has 1 aromatic heterocycles. The van der Waals surface area contributed by atoms with E-state index in [2.05, 4.69) is 15.9 Å². The molecule has 0 N–H and O–H groups in total. The first kappa shape index (κ1) is 21.4. The van der Waals surface area contributed by atoms with Crippen LogP contribution in [0.4, 0.5) is 13.2 Å². The van der Waals surface area contributed by atoms with Gasteiger partial charge in [0.1, 0.15) is 5.69 Å². The van der Waals surface area contributed by atoms with Crippen molar-refractivity contribution >= 4 is 42.8 Å². The van der Waals surface area contributed by atoms with Crippen molar-refractivity contribution in [2.45, 2.75) is 24.9 Å². The van der Waals surface area contributed by atoms with E-state index in [0.717, 1.165) is 11.6 Å². The first-order valence-corrected chi connectivity index (χ1v) is 10.6. The molecule has 3 rings (SSSR count). The van der Waals surface area contributed by atoms with E-state index in [1.54, 1.807) is 19.1 Å². The number of aryl methyl sites for hydroxylation is 1. The molecule has 0 radical (unpaired) electrons. The highest BCUT2D eigenvalue weighted by molar-refractivity contribution is 9.10. The molecule has 0 aliphatic rings. The summed E-state index contributed by atoms with van der Waals surface area (Å²) in [6.45, 7) is 3.28. The molecule has 0 fully saturated rings. The fourth-order valence-electron chi connectivity index (χ4n) is 2.84. The molecule has 154 valence electrons. The minimum Gasteiger partial charge on any atom is -0.461 e. The van der Waals surface area contributed by atoms with Crippen LogP contribution in [0.3, 0.4) is 0 Å². The lowest BCUT2D eigenvalue weighted by molar-refractivity contribution is -0.138. The highest BCUT2D eigenvalue weighted by atomic mass is 79.9. The molecule has 0 unspecified atom stereocenters. The van der Waals surface area contributed by atoms with Gasteiger partial charge in [-0.15, -0.1) is 0 Å². The first-order chi connectivity index (χ1) is 13.5. The zero-order valence-corrected chi connectivity index (χ0v) is 17.7.